The summed E-state index contributed by atoms with van der Waals surface area (Å²) in [7, 11) is 0. The van der Waals surface area contributed by atoms with Crippen LogP contribution in [-0.2, 0) is 6.54 Å². The minimum atomic E-state index is -0.506. The Hall–Kier alpha value is -2.57. The predicted molar refractivity (Wildman–Crippen MR) is 67.9 cm³/mol. The van der Waals surface area contributed by atoms with E-state index >= 15 is 0 Å². The molecule has 0 saturated heterocycles. The Morgan fingerprint density at radius 3 is 3.00 bits per heavy atom. The second-order valence-electron chi connectivity index (χ2n) is 3.73. The number of hydrogen-bond acceptors (Lipinski definition) is 5. The fraction of sp³-hybridized carbons (Fsp3) is 0.182. The highest BCUT2D eigenvalue weighted by Crippen LogP contribution is 2.09. The minimum Gasteiger partial charge on any atom is -0.396 e. The smallest absolute Gasteiger partial charge is 0.252 e. The lowest BCUT2D eigenvalue weighted by atomic mass is 10.2. The molecule has 94 valence electrons. The first-order valence-electron chi connectivity index (χ1n) is 5.43. The largest absolute Gasteiger partial charge is 0.396 e. The van der Waals surface area contributed by atoms with Gasteiger partial charge in [0.2, 0.25) is 0 Å². The monoisotopic (exact) mass is 246 g/mol. The van der Waals surface area contributed by atoms with Gasteiger partial charge in [-0.3, -0.25) is 9.48 Å². The van der Waals surface area contributed by atoms with Crippen molar-refractivity contribution in [2.45, 2.75) is 6.54 Å². The SMILES string of the molecule is NC(=O)c1cccnc1NCCn1cc(N)cn1. The van der Waals surface area contributed by atoms with E-state index in [9.17, 15) is 4.79 Å². The number of nitrogen functional groups attached to an aromatic ring is 1. The van der Waals surface area contributed by atoms with Gasteiger partial charge in [0.05, 0.1) is 24.0 Å². The molecule has 2 aromatic rings. The van der Waals surface area contributed by atoms with Crippen molar-refractivity contribution in [1.82, 2.24) is 14.8 Å². The molecule has 0 aromatic carbocycles. The molecule has 0 unspecified atom stereocenters. The van der Waals surface area contributed by atoms with Crippen molar-refractivity contribution >= 4 is 17.4 Å². The van der Waals surface area contributed by atoms with E-state index in [0.29, 0.717) is 30.2 Å². The van der Waals surface area contributed by atoms with E-state index in [2.05, 4.69) is 15.4 Å². The van der Waals surface area contributed by atoms with Crippen LogP contribution in [0.4, 0.5) is 11.5 Å². The second kappa shape index (κ2) is 5.17. The zero-order valence-corrected chi connectivity index (χ0v) is 9.71. The van der Waals surface area contributed by atoms with Gasteiger partial charge in [-0.25, -0.2) is 4.98 Å². The number of nitrogens with two attached hydrogens (primary N) is 2. The molecule has 0 aliphatic carbocycles. The number of nitrogens with one attached hydrogen (secondary N) is 1. The summed E-state index contributed by atoms with van der Waals surface area (Å²) < 4.78 is 1.70. The molecule has 5 N–H and O–H groups in total. The Morgan fingerprint density at radius 1 is 1.50 bits per heavy atom. The van der Waals surface area contributed by atoms with Gasteiger partial charge in [0, 0.05) is 18.9 Å². The number of hydrogen-bond donors (Lipinski definition) is 3. The van der Waals surface area contributed by atoms with Crippen LogP contribution < -0.4 is 16.8 Å². The van der Waals surface area contributed by atoms with Crippen LogP contribution >= 0.6 is 0 Å². The normalized spacial score (nSPS) is 10.2. The summed E-state index contributed by atoms with van der Waals surface area (Å²) in [5.41, 5.74) is 11.8. The number of rotatable bonds is 5. The minimum absolute atomic E-state index is 0.373. The predicted octanol–water partition coefficient (Wildman–Crippen LogP) is 0.0713. The number of primary amides is 1. The second-order valence-corrected chi connectivity index (χ2v) is 3.73. The first kappa shape index (κ1) is 11.9. The quantitative estimate of drug-likeness (QED) is 0.691. The van der Waals surface area contributed by atoms with Crippen LogP contribution in [0.25, 0.3) is 0 Å². The van der Waals surface area contributed by atoms with Crippen molar-refractivity contribution in [3.63, 3.8) is 0 Å². The van der Waals surface area contributed by atoms with E-state index in [1.807, 2.05) is 0 Å². The van der Waals surface area contributed by atoms with E-state index in [1.54, 1.807) is 35.4 Å². The third kappa shape index (κ3) is 2.76. The third-order valence-corrected chi connectivity index (χ3v) is 2.36. The van der Waals surface area contributed by atoms with Gasteiger partial charge in [-0.05, 0) is 12.1 Å². The molecule has 0 bridgehead atoms. The van der Waals surface area contributed by atoms with Gasteiger partial charge in [0.15, 0.2) is 0 Å². The molecule has 18 heavy (non-hydrogen) atoms. The van der Waals surface area contributed by atoms with E-state index in [-0.39, 0.29) is 0 Å². The van der Waals surface area contributed by atoms with Crippen molar-refractivity contribution in [1.29, 1.82) is 0 Å². The molecular weight excluding hydrogens is 232 g/mol. The molecule has 2 aromatic heterocycles. The Balaban J connectivity index is 1.96. The summed E-state index contributed by atoms with van der Waals surface area (Å²) in [6, 6.07) is 3.29. The van der Waals surface area contributed by atoms with Crippen LogP contribution in [0.3, 0.4) is 0 Å². The third-order valence-electron chi connectivity index (χ3n) is 2.36. The molecule has 0 atom stereocenters. The summed E-state index contributed by atoms with van der Waals surface area (Å²) in [6.07, 6.45) is 4.91. The summed E-state index contributed by atoms with van der Waals surface area (Å²) in [5, 5.41) is 7.08. The maximum absolute atomic E-state index is 11.2. The highest BCUT2D eigenvalue weighted by Gasteiger charge is 2.07. The van der Waals surface area contributed by atoms with Gasteiger partial charge in [-0.1, -0.05) is 0 Å². The number of aromatic nitrogens is 3. The average Bonchev–Trinajstić information content (AvgIpc) is 2.75. The Kier molecular flexibility index (Phi) is 3.42. The van der Waals surface area contributed by atoms with Crippen LogP contribution in [0.15, 0.2) is 30.7 Å². The van der Waals surface area contributed by atoms with Crippen molar-refractivity contribution in [3.05, 3.63) is 36.3 Å². The molecule has 0 aliphatic heterocycles. The van der Waals surface area contributed by atoms with E-state index in [0.717, 1.165) is 0 Å². The Morgan fingerprint density at radius 2 is 2.33 bits per heavy atom. The van der Waals surface area contributed by atoms with Crippen molar-refractivity contribution < 1.29 is 4.79 Å². The Labute approximate surface area is 104 Å². The standard InChI is InChI=1S/C11H14N6O/c12-8-6-16-17(7-8)5-4-15-11-9(10(13)18)2-1-3-14-11/h1-3,6-7H,4-5,12H2,(H2,13,18)(H,14,15). The van der Waals surface area contributed by atoms with Gasteiger partial charge in [0.25, 0.3) is 5.91 Å². The van der Waals surface area contributed by atoms with Crippen molar-refractivity contribution in [3.8, 4) is 0 Å². The highest BCUT2D eigenvalue weighted by molar-refractivity contribution is 5.97. The molecule has 7 nitrogen and oxygen atoms in total. The topological polar surface area (TPSA) is 112 Å². The molecule has 0 aliphatic rings. The zero-order valence-electron chi connectivity index (χ0n) is 9.71. The molecule has 2 heterocycles. The molecule has 1 amide bonds. The maximum Gasteiger partial charge on any atom is 0.252 e. The van der Waals surface area contributed by atoms with Gasteiger partial charge < -0.3 is 16.8 Å². The molecule has 2 rings (SSSR count). The zero-order chi connectivity index (χ0) is 13.0. The van der Waals surface area contributed by atoms with Gasteiger partial charge in [-0.15, -0.1) is 0 Å². The van der Waals surface area contributed by atoms with Crippen molar-refractivity contribution in [2.75, 3.05) is 17.6 Å². The lowest BCUT2D eigenvalue weighted by Crippen LogP contribution is -2.17. The summed E-state index contributed by atoms with van der Waals surface area (Å²) in [5.74, 6) is -0.0286. The first-order chi connectivity index (χ1) is 8.66. The molecule has 0 radical (unpaired) electrons. The Bertz CT molecular complexity index is 550. The number of carbonyl (C=O) groups is 1. The summed E-state index contributed by atoms with van der Waals surface area (Å²) >= 11 is 0. The summed E-state index contributed by atoms with van der Waals surface area (Å²) in [6.45, 7) is 1.18. The number of carbonyl (C=O) groups excluding carboxylic acids is 1. The summed E-state index contributed by atoms with van der Waals surface area (Å²) in [4.78, 5) is 15.2. The van der Waals surface area contributed by atoms with Crippen LogP contribution in [-0.4, -0.2) is 27.2 Å². The molecular formula is C11H14N6O. The van der Waals surface area contributed by atoms with Crippen LogP contribution in [0, 0.1) is 0 Å². The molecule has 0 spiro atoms. The van der Waals surface area contributed by atoms with Gasteiger partial charge in [-0.2, -0.15) is 5.10 Å². The maximum atomic E-state index is 11.2. The lowest BCUT2D eigenvalue weighted by molar-refractivity contribution is 0.100. The molecule has 0 fully saturated rings. The van der Waals surface area contributed by atoms with Gasteiger partial charge in [0.1, 0.15) is 5.82 Å². The number of pyridine rings is 1. The molecule has 7 heteroatoms. The lowest BCUT2D eigenvalue weighted by Gasteiger charge is -2.08. The van der Waals surface area contributed by atoms with E-state index in [1.165, 1.54) is 0 Å². The highest BCUT2D eigenvalue weighted by atomic mass is 16.1. The average molecular weight is 246 g/mol. The van der Waals surface area contributed by atoms with Crippen LogP contribution in [0.1, 0.15) is 10.4 Å². The van der Waals surface area contributed by atoms with E-state index in [4.69, 9.17) is 11.5 Å². The van der Waals surface area contributed by atoms with Crippen molar-refractivity contribution in [2.24, 2.45) is 5.73 Å². The van der Waals surface area contributed by atoms with Gasteiger partial charge >= 0.3 is 0 Å². The van der Waals surface area contributed by atoms with Crippen LogP contribution in [0.5, 0.6) is 0 Å². The fourth-order valence-corrected chi connectivity index (χ4v) is 1.54. The number of anilines is 2. The van der Waals surface area contributed by atoms with Crippen LogP contribution in [0.2, 0.25) is 0 Å². The fourth-order valence-electron chi connectivity index (χ4n) is 1.54. The molecule has 0 saturated carbocycles. The number of amides is 1. The van der Waals surface area contributed by atoms with E-state index < -0.39 is 5.91 Å². The first-order valence-corrected chi connectivity index (χ1v) is 5.43. The number of nitrogens with zero attached hydrogens (tertiary/aromatic N) is 3.